The summed E-state index contributed by atoms with van der Waals surface area (Å²) in [6, 6.07) is 15.0. The fraction of sp³-hybridized carbons (Fsp3) is 0.176. The molecule has 1 amide bonds. The standard InChI is InChI=1S/C17H16N2O3/c1-12-10-13(8-9-15(12)21-2)17-18-19(16(20)11-22-17)14-6-4-3-5-7-14/h3-10H,11H2,1-2H3. The van der Waals surface area contributed by atoms with E-state index in [1.54, 1.807) is 7.11 Å². The molecule has 5 nitrogen and oxygen atoms in total. The summed E-state index contributed by atoms with van der Waals surface area (Å²) in [5, 5.41) is 5.71. The zero-order chi connectivity index (χ0) is 15.5. The number of rotatable bonds is 3. The van der Waals surface area contributed by atoms with Gasteiger partial charge >= 0.3 is 0 Å². The SMILES string of the molecule is COc1ccc(C2=NN(c3ccccc3)C(=O)CO2)cc1C. The molecule has 0 aliphatic carbocycles. The Hall–Kier alpha value is -2.82. The Kier molecular flexibility index (Phi) is 3.78. The van der Waals surface area contributed by atoms with Crippen molar-refractivity contribution in [1.29, 1.82) is 0 Å². The van der Waals surface area contributed by atoms with Crippen LogP contribution >= 0.6 is 0 Å². The minimum Gasteiger partial charge on any atom is -0.496 e. The highest BCUT2D eigenvalue weighted by atomic mass is 16.5. The van der Waals surface area contributed by atoms with Crippen molar-refractivity contribution in [2.45, 2.75) is 6.92 Å². The number of hydrogen-bond donors (Lipinski definition) is 0. The van der Waals surface area contributed by atoms with Gasteiger partial charge in [0, 0.05) is 5.56 Å². The summed E-state index contributed by atoms with van der Waals surface area (Å²) in [6.45, 7) is 1.92. The third kappa shape index (κ3) is 2.65. The van der Waals surface area contributed by atoms with Gasteiger partial charge in [-0.1, -0.05) is 18.2 Å². The first-order valence-corrected chi connectivity index (χ1v) is 6.93. The number of para-hydroxylation sites is 1. The van der Waals surface area contributed by atoms with Gasteiger partial charge in [0.1, 0.15) is 5.75 Å². The fourth-order valence-corrected chi connectivity index (χ4v) is 2.29. The van der Waals surface area contributed by atoms with Gasteiger partial charge in [-0.3, -0.25) is 4.79 Å². The molecule has 0 saturated carbocycles. The van der Waals surface area contributed by atoms with Crippen molar-refractivity contribution in [2.24, 2.45) is 5.10 Å². The van der Waals surface area contributed by atoms with Crippen LogP contribution in [-0.2, 0) is 9.53 Å². The van der Waals surface area contributed by atoms with E-state index in [0.29, 0.717) is 5.90 Å². The van der Waals surface area contributed by atoms with Gasteiger partial charge in [0.05, 0.1) is 12.8 Å². The van der Waals surface area contributed by atoms with E-state index in [0.717, 1.165) is 22.6 Å². The van der Waals surface area contributed by atoms with Crippen LogP contribution in [0.25, 0.3) is 0 Å². The molecule has 22 heavy (non-hydrogen) atoms. The van der Waals surface area contributed by atoms with E-state index in [-0.39, 0.29) is 12.5 Å². The summed E-state index contributed by atoms with van der Waals surface area (Å²) in [6.07, 6.45) is 0. The van der Waals surface area contributed by atoms with Crippen LogP contribution in [0.4, 0.5) is 5.69 Å². The average Bonchev–Trinajstić information content (AvgIpc) is 2.56. The van der Waals surface area contributed by atoms with Gasteiger partial charge in [0.15, 0.2) is 6.61 Å². The molecular weight excluding hydrogens is 280 g/mol. The minimum atomic E-state index is -0.194. The second-order valence-corrected chi connectivity index (χ2v) is 4.92. The minimum absolute atomic E-state index is 0.0290. The van der Waals surface area contributed by atoms with Gasteiger partial charge < -0.3 is 9.47 Å². The van der Waals surface area contributed by atoms with Crippen molar-refractivity contribution in [2.75, 3.05) is 18.7 Å². The Bertz CT molecular complexity index is 726. The second kappa shape index (κ2) is 5.89. The number of aryl methyl sites for hydroxylation is 1. The van der Waals surface area contributed by atoms with Crippen molar-refractivity contribution in [3.8, 4) is 5.75 Å². The molecule has 0 fully saturated rings. The lowest BCUT2D eigenvalue weighted by Gasteiger charge is -2.24. The normalized spacial score (nSPS) is 14.4. The highest BCUT2D eigenvalue weighted by Gasteiger charge is 2.24. The molecule has 1 aliphatic heterocycles. The van der Waals surface area contributed by atoms with Gasteiger partial charge in [0.25, 0.3) is 5.91 Å². The summed E-state index contributed by atoms with van der Waals surface area (Å²) in [7, 11) is 1.63. The van der Waals surface area contributed by atoms with Crippen molar-refractivity contribution in [1.82, 2.24) is 0 Å². The molecule has 0 N–H and O–H groups in total. The topological polar surface area (TPSA) is 51.1 Å². The second-order valence-electron chi connectivity index (χ2n) is 4.92. The third-order valence-corrected chi connectivity index (χ3v) is 3.40. The molecule has 0 spiro atoms. The number of hydrazone groups is 1. The molecule has 2 aromatic carbocycles. The van der Waals surface area contributed by atoms with Crippen LogP contribution in [0.15, 0.2) is 53.6 Å². The van der Waals surface area contributed by atoms with Gasteiger partial charge in [-0.25, -0.2) is 0 Å². The molecule has 0 atom stereocenters. The Morgan fingerprint density at radius 3 is 2.64 bits per heavy atom. The molecule has 0 unspecified atom stereocenters. The lowest BCUT2D eigenvalue weighted by atomic mass is 10.1. The molecular formula is C17H16N2O3. The number of methoxy groups -OCH3 is 1. The number of carbonyl (C=O) groups excluding carboxylic acids is 1. The highest BCUT2D eigenvalue weighted by molar-refractivity contribution is 6.04. The maximum atomic E-state index is 12.0. The first kappa shape index (κ1) is 14.1. The molecule has 0 bridgehead atoms. The van der Waals surface area contributed by atoms with E-state index in [1.807, 2.05) is 55.5 Å². The first-order chi connectivity index (χ1) is 10.7. The van der Waals surface area contributed by atoms with Crippen LogP contribution in [0, 0.1) is 6.92 Å². The predicted octanol–water partition coefficient (Wildman–Crippen LogP) is 2.73. The summed E-state index contributed by atoms with van der Waals surface area (Å²) in [5.41, 5.74) is 2.51. The number of anilines is 1. The van der Waals surface area contributed by atoms with Crippen molar-refractivity contribution >= 4 is 17.5 Å². The molecule has 0 radical (unpaired) electrons. The summed E-state index contributed by atoms with van der Waals surface area (Å²) in [4.78, 5) is 12.0. The van der Waals surface area contributed by atoms with E-state index in [9.17, 15) is 4.79 Å². The molecule has 1 aliphatic rings. The highest BCUT2D eigenvalue weighted by Crippen LogP contribution is 2.22. The van der Waals surface area contributed by atoms with E-state index in [4.69, 9.17) is 9.47 Å². The first-order valence-electron chi connectivity index (χ1n) is 6.93. The quantitative estimate of drug-likeness (QED) is 0.875. The smallest absolute Gasteiger partial charge is 0.285 e. The molecule has 0 aromatic heterocycles. The van der Waals surface area contributed by atoms with Crippen LogP contribution in [-0.4, -0.2) is 25.5 Å². The zero-order valence-corrected chi connectivity index (χ0v) is 12.4. The van der Waals surface area contributed by atoms with E-state index in [2.05, 4.69) is 5.10 Å². The molecule has 3 rings (SSSR count). The Labute approximate surface area is 128 Å². The van der Waals surface area contributed by atoms with Crippen LogP contribution in [0.1, 0.15) is 11.1 Å². The number of benzene rings is 2. The molecule has 0 saturated heterocycles. The third-order valence-electron chi connectivity index (χ3n) is 3.40. The monoisotopic (exact) mass is 296 g/mol. The summed E-state index contributed by atoms with van der Waals surface area (Å²) < 4.78 is 10.7. The maximum absolute atomic E-state index is 12.0. The van der Waals surface area contributed by atoms with Crippen LogP contribution in [0.3, 0.4) is 0 Å². The van der Waals surface area contributed by atoms with Gasteiger partial charge in [0.2, 0.25) is 5.90 Å². The summed E-state index contributed by atoms with van der Waals surface area (Å²) in [5.74, 6) is 1.03. The van der Waals surface area contributed by atoms with Gasteiger partial charge in [-0.2, -0.15) is 5.01 Å². The Morgan fingerprint density at radius 1 is 1.18 bits per heavy atom. The Balaban J connectivity index is 1.97. The average molecular weight is 296 g/mol. The predicted molar refractivity (Wildman–Crippen MR) is 84.1 cm³/mol. The lowest BCUT2D eigenvalue weighted by Crippen LogP contribution is -2.36. The van der Waals surface area contributed by atoms with Crippen molar-refractivity contribution in [3.05, 3.63) is 59.7 Å². The maximum Gasteiger partial charge on any atom is 0.285 e. The summed E-state index contributed by atoms with van der Waals surface area (Å²) >= 11 is 0. The number of ether oxygens (including phenoxy) is 2. The van der Waals surface area contributed by atoms with Crippen LogP contribution in [0.2, 0.25) is 0 Å². The van der Waals surface area contributed by atoms with E-state index in [1.165, 1.54) is 5.01 Å². The van der Waals surface area contributed by atoms with E-state index < -0.39 is 0 Å². The van der Waals surface area contributed by atoms with Gasteiger partial charge in [-0.05, 0) is 42.8 Å². The van der Waals surface area contributed by atoms with Crippen molar-refractivity contribution in [3.63, 3.8) is 0 Å². The number of carbonyl (C=O) groups is 1. The van der Waals surface area contributed by atoms with Gasteiger partial charge in [-0.15, -0.1) is 5.10 Å². The molecule has 2 aromatic rings. The molecule has 5 heteroatoms. The van der Waals surface area contributed by atoms with Crippen LogP contribution in [0.5, 0.6) is 5.75 Å². The largest absolute Gasteiger partial charge is 0.496 e. The van der Waals surface area contributed by atoms with E-state index >= 15 is 0 Å². The lowest BCUT2D eigenvalue weighted by molar-refractivity contribution is -0.121. The van der Waals surface area contributed by atoms with Crippen LogP contribution < -0.4 is 9.75 Å². The van der Waals surface area contributed by atoms with Crippen molar-refractivity contribution < 1.29 is 14.3 Å². The number of nitrogens with zero attached hydrogens (tertiary/aromatic N) is 2. The number of amides is 1. The number of hydrogen-bond acceptors (Lipinski definition) is 4. The fourth-order valence-electron chi connectivity index (χ4n) is 2.29. The molecule has 1 heterocycles. The zero-order valence-electron chi connectivity index (χ0n) is 12.4. The molecule has 112 valence electrons. The Morgan fingerprint density at radius 2 is 1.95 bits per heavy atom.